The number of nitrogens with zero attached hydrogens (tertiary/aromatic N) is 1. The van der Waals surface area contributed by atoms with Crippen molar-refractivity contribution in [3.63, 3.8) is 0 Å². The molecule has 0 aliphatic rings. The summed E-state index contributed by atoms with van der Waals surface area (Å²) in [6.07, 6.45) is 13.7. The van der Waals surface area contributed by atoms with Gasteiger partial charge >= 0.3 is 5.91 Å². The van der Waals surface area contributed by atoms with E-state index in [4.69, 9.17) is 0 Å². The average molecular weight is 306 g/mol. The monoisotopic (exact) mass is 305 g/mol. The smallest absolute Gasteiger partial charge is 0.313 e. The van der Waals surface area contributed by atoms with Crippen molar-refractivity contribution in [2.75, 3.05) is 20.6 Å². The van der Waals surface area contributed by atoms with Crippen molar-refractivity contribution in [2.45, 2.75) is 84.5 Å². The van der Waals surface area contributed by atoms with E-state index in [1.54, 1.807) is 0 Å². The number of hydrogen-bond donors (Lipinski definition) is 0. The van der Waals surface area contributed by atoms with E-state index in [2.05, 4.69) is 13.8 Å². The van der Waals surface area contributed by atoms with Crippen molar-refractivity contribution in [1.29, 1.82) is 0 Å². The summed E-state index contributed by atoms with van der Waals surface area (Å²) in [4.78, 5) is 12.0. The summed E-state index contributed by atoms with van der Waals surface area (Å²) in [6, 6.07) is 0. The molecule has 0 aromatic heterocycles. The van der Waals surface area contributed by atoms with Crippen LogP contribution in [0.3, 0.4) is 0 Å². The van der Waals surface area contributed by atoms with Gasteiger partial charge in [-0.25, -0.2) is 4.79 Å². The molecule has 0 aliphatic heterocycles. The molecular weight excluding hydrogens is 270 g/mol. The third kappa shape index (κ3) is 11.7. The number of unbranched alkanes of at least 4 members (excludes halogenated alkanes) is 8. The highest BCUT2D eigenvalue weighted by atomic mass is 35.5. The summed E-state index contributed by atoms with van der Waals surface area (Å²) in [5, 5.41) is 0. The first-order chi connectivity index (χ1) is 9.04. The van der Waals surface area contributed by atoms with Crippen molar-refractivity contribution >= 4 is 5.91 Å². The lowest BCUT2D eigenvalue weighted by Crippen LogP contribution is -3.00. The first-order valence-electron chi connectivity index (χ1n) is 8.41. The molecule has 122 valence electrons. The third-order valence-electron chi connectivity index (χ3n) is 3.95. The van der Waals surface area contributed by atoms with Crippen LogP contribution in [0.5, 0.6) is 0 Å². The van der Waals surface area contributed by atoms with Crippen molar-refractivity contribution in [3.8, 4) is 0 Å². The quantitative estimate of drug-likeness (QED) is 0.398. The zero-order valence-electron chi connectivity index (χ0n) is 14.2. The van der Waals surface area contributed by atoms with Crippen LogP contribution in [-0.2, 0) is 4.79 Å². The molecule has 0 rings (SSSR count). The lowest BCUT2D eigenvalue weighted by atomic mass is 10.1. The van der Waals surface area contributed by atoms with Crippen LogP contribution in [0.1, 0.15) is 84.5 Å². The van der Waals surface area contributed by atoms with Crippen molar-refractivity contribution < 1.29 is 21.7 Å². The molecule has 0 aliphatic carbocycles. The molecule has 1 amide bonds. The van der Waals surface area contributed by atoms with Crippen LogP contribution in [-0.4, -0.2) is 31.0 Å². The van der Waals surface area contributed by atoms with Gasteiger partial charge in [0.2, 0.25) is 0 Å². The SMILES string of the molecule is CCCCCCCCCCCC(=O)[N+](C)(C)CCC.[Cl-]. The van der Waals surface area contributed by atoms with Gasteiger partial charge in [-0.2, -0.15) is 0 Å². The van der Waals surface area contributed by atoms with Crippen molar-refractivity contribution in [1.82, 2.24) is 0 Å². The Bertz CT molecular complexity index is 229. The molecule has 0 heterocycles. The Hall–Kier alpha value is -0.0800. The van der Waals surface area contributed by atoms with Crippen LogP contribution in [0.25, 0.3) is 0 Å². The summed E-state index contributed by atoms with van der Waals surface area (Å²) in [7, 11) is 4.08. The van der Waals surface area contributed by atoms with Crippen molar-refractivity contribution in [2.24, 2.45) is 0 Å². The number of quaternary nitrogens is 1. The number of rotatable bonds is 12. The lowest BCUT2D eigenvalue weighted by molar-refractivity contribution is -0.814. The number of amides is 1. The molecule has 0 saturated carbocycles. The zero-order valence-corrected chi connectivity index (χ0v) is 15.0. The van der Waals surface area contributed by atoms with Crippen LogP contribution >= 0.6 is 0 Å². The molecule has 0 bridgehead atoms. The molecule has 0 atom stereocenters. The van der Waals surface area contributed by atoms with Gasteiger partial charge in [-0.05, 0) is 12.8 Å². The van der Waals surface area contributed by atoms with Gasteiger partial charge < -0.3 is 12.4 Å². The Balaban J connectivity index is 0. The van der Waals surface area contributed by atoms with Crippen LogP contribution in [0.2, 0.25) is 0 Å². The predicted octanol–water partition coefficient (Wildman–Crippen LogP) is 1.92. The van der Waals surface area contributed by atoms with Crippen LogP contribution in [0.15, 0.2) is 0 Å². The topological polar surface area (TPSA) is 17.1 Å². The van der Waals surface area contributed by atoms with Gasteiger partial charge in [-0.3, -0.25) is 4.48 Å². The van der Waals surface area contributed by atoms with Crippen LogP contribution in [0.4, 0.5) is 0 Å². The molecule has 0 aromatic rings. The van der Waals surface area contributed by atoms with E-state index >= 15 is 0 Å². The van der Waals surface area contributed by atoms with Gasteiger partial charge in [0, 0.05) is 0 Å². The molecular formula is C17H36ClNO. The minimum atomic E-state index is 0. The minimum absolute atomic E-state index is 0. The fourth-order valence-corrected chi connectivity index (χ4v) is 2.57. The van der Waals surface area contributed by atoms with E-state index in [1.165, 1.54) is 51.4 Å². The van der Waals surface area contributed by atoms with Gasteiger partial charge in [0.15, 0.2) is 0 Å². The molecule has 0 saturated heterocycles. The highest BCUT2D eigenvalue weighted by molar-refractivity contribution is 5.68. The largest absolute Gasteiger partial charge is 1.00 e. The maximum atomic E-state index is 12.0. The van der Waals surface area contributed by atoms with Gasteiger partial charge in [0.05, 0.1) is 27.1 Å². The van der Waals surface area contributed by atoms with E-state index in [1.807, 2.05) is 14.1 Å². The molecule has 20 heavy (non-hydrogen) atoms. The fraction of sp³-hybridized carbons (Fsp3) is 0.941. The van der Waals surface area contributed by atoms with E-state index in [9.17, 15) is 4.79 Å². The number of halogens is 1. The molecule has 2 nitrogen and oxygen atoms in total. The van der Waals surface area contributed by atoms with Crippen LogP contribution in [0, 0.1) is 0 Å². The molecule has 0 aromatic carbocycles. The highest BCUT2D eigenvalue weighted by Crippen LogP contribution is 2.12. The molecule has 0 radical (unpaired) electrons. The second-order valence-corrected chi connectivity index (χ2v) is 6.38. The normalized spacial score (nSPS) is 11.2. The Morgan fingerprint density at radius 2 is 1.20 bits per heavy atom. The molecule has 0 N–H and O–H groups in total. The Labute approximate surface area is 133 Å². The van der Waals surface area contributed by atoms with Crippen LogP contribution < -0.4 is 12.4 Å². The van der Waals surface area contributed by atoms with E-state index in [0.717, 1.165) is 25.8 Å². The number of carbonyl (C=O) groups excluding carboxylic acids is 1. The summed E-state index contributed by atoms with van der Waals surface area (Å²) in [5.41, 5.74) is 0. The summed E-state index contributed by atoms with van der Waals surface area (Å²) in [5.74, 6) is 0.407. The average Bonchev–Trinajstić information content (AvgIpc) is 2.36. The molecule has 0 spiro atoms. The number of hydrogen-bond acceptors (Lipinski definition) is 1. The maximum Gasteiger partial charge on any atom is 0.313 e. The molecule has 3 heteroatoms. The highest BCUT2D eigenvalue weighted by Gasteiger charge is 2.23. The van der Waals surface area contributed by atoms with Gasteiger partial charge in [0.25, 0.3) is 0 Å². The van der Waals surface area contributed by atoms with E-state index < -0.39 is 0 Å². The first kappa shape index (κ1) is 22.2. The van der Waals surface area contributed by atoms with Gasteiger partial charge in [-0.15, -0.1) is 0 Å². The van der Waals surface area contributed by atoms with E-state index in [0.29, 0.717) is 10.4 Å². The molecule has 0 fully saturated rings. The first-order valence-corrected chi connectivity index (χ1v) is 8.41. The Morgan fingerprint density at radius 1 is 0.750 bits per heavy atom. The van der Waals surface area contributed by atoms with E-state index in [-0.39, 0.29) is 12.4 Å². The lowest BCUT2D eigenvalue weighted by Gasteiger charge is -2.26. The second-order valence-electron chi connectivity index (χ2n) is 6.38. The Kier molecular flexibility index (Phi) is 15.4. The standard InChI is InChI=1S/C17H36NO.ClH/c1-5-7-8-9-10-11-12-13-14-15-17(19)18(3,4)16-6-2;/h5-16H2,1-4H3;1H/q+1;/p-1. The summed E-state index contributed by atoms with van der Waals surface area (Å²) >= 11 is 0. The van der Waals surface area contributed by atoms with Gasteiger partial charge in [-0.1, -0.05) is 65.2 Å². The minimum Gasteiger partial charge on any atom is -1.00 e. The maximum absolute atomic E-state index is 12.0. The summed E-state index contributed by atoms with van der Waals surface area (Å²) in [6.45, 7) is 5.37. The summed E-state index contributed by atoms with van der Waals surface area (Å²) < 4.78 is 0.563. The van der Waals surface area contributed by atoms with Gasteiger partial charge in [0.1, 0.15) is 0 Å². The molecule has 0 unspecified atom stereocenters. The third-order valence-corrected chi connectivity index (χ3v) is 3.95. The number of carbonyl (C=O) groups is 1. The fourth-order valence-electron chi connectivity index (χ4n) is 2.57. The predicted molar refractivity (Wildman–Crippen MR) is 84.1 cm³/mol. The second kappa shape index (κ2) is 13.9. The Morgan fingerprint density at radius 3 is 1.65 bits per heavy atom. The zero-order chi connectivity index (χ0) is 14.6. The van der Waals surface area contributed by atoms with Crippen molar-refractivity contribution in [3.05, 3.63) is 0 Å².